The van der Waals surface area contributed by atoms with Crippen LogP contribution in [0.15, 0.2) is 199 Å². The molecule has 10 aromatic rings. The second-order valence-electron chi connectivity index (χ2n) is 33.0. The fraction of sp³-hybridized carbons (Fsp3) is 0.359. The molecule has 18 nitrogen and oxygen atoms in total. The van der Waals surface area contributed by atoms with Crippen LogP contribution in [-0.2, 0) is 25.7 Å². The van der Waals surface area contributed by atoms with Crippen LogP contribution < -0.4 is 21.3 Å². The summed E-state index contributed by atoms with van der Waals surface area (Å²) < 4.78 is 112. The Morgan fingerprint density at radius 1 is 0.408 bits per heavy atom. The molecule has 11 rings (SSSR count). The number of benzene rings is 8. The predicted octanol–water partition coefficient (Wildman–Crippen LogP) is 18.7. The first-order valence-electron chi connectivity index (χ1n) is 44.1. The van der Waals surface area contributed by atoms with Gasteiger partial charge in [0.25, 0.3) is 35.4 Å². The Bertz CT molecular complexity index is 5480. The highest BCUT2D eigenvalue weighted by Gasteiger charge is 2.35. The van der Waals surface area contributed by atoms with Crippen LogP contribution in [0.2, 0.25) is 0 Å². The summed E-state index contributed by atoms with van der Waals surface area (Å²) in [5.74, 6) is -1.24. The summed E-state index contributed by atoms with van der Waals surface area (Å²) in [6, 6.07) is 39.7. The number of aliphatic hydroxyl groups is 3. The van der Waals surface area contributed by atoms with Crippen molar-refractivity contribution in [3.63, 3.8) is 0 Å². The SMILES string of the molecule is CCCN(CCC)C(=O)c1cc(C)cc(C(=O)N[C@@H](Cc2cc(F)cc(F)c2)C(O)c2ccc(Br)cn2)c1.CCCN(CCC)C(=O)c1cc(C)cc(C(=O)N[C@@H](Cc2cc(F)cc(F)c2)C(O)c2ccc(C#Cc3cccc(F)c3)cn2)c1.CCCN(CCC)C(=O)c1cc(C)cc(C(=O)N[C@@H](Cc2cc(F)cc(F)c2)[C@H](O)C2CCC(CCc3cccc(F)c3)CN2)c1. The second kappa shape index (κ2) is 50.4. The van der Waals surface area contributed by atoms with E-state index < -0.39 is 94.9 Å². The summed E-state index contributed by atoms with van der Waals surface area (Å²) >= 11 is 3.30. The van der Waals surface area contributed by atoms with Gasteiger partial charge in [0.1, 0.15) is 58.7 Å². The van der Waals surface area contributed by atoms with Crippen molar-refractivity contribution in [3.8, 4) is 11.8 Å². The molecule has 7 N–H and O–H groups in total. The number of aryl methyl sites for hydroxylation is 4. The van der Waals surface area contributed by atoms with Crippen molar-refractivity contribution in [2.75, 3.05) is 45.8 Å². The molecule has 1 saturated heterocycles. The van der Waals surface area contributed by atoms with Gasteiger partial charge >= 0.3 is 0 Å². The molecule has 688 valence electrons. The molecule has 1 aliphatic rings. The van der Waals surface area contributed by atoms with Gasteiger partial charge in [0.15, 0.2) is 0 Å². The lowest BCUT2D eigenvalue weighted by molar-refractivity contribution is 0.0595. The Balaban J connectivity index is 0.000000221. The molecular formula is C103H114BrF8N9O9. The molecule has 0 aliphatic carbocycles. The molecule has 8 aromatic carbocycles. The van der Waals surface area contributed by atoms with E-state index in [1.165, 1.54) is 60.9 Å². The number of aromatic nitrogens is 2. The van der Waals surface area contributed by atoms with E-state index in [-0.39, 0.29) is 88.0 Å². The Morgan fingerprint density at radius 2 is 0.762 bits per heavy atom. The third-order valence-corrected chi connectivity index (χ3v) is 22.3. The number of aliphatic hydroxyl groups excluding tert-OH is 3. The van der Waals surface area contributed by atoms with E-state index in [0.29, 0.717) is 102 Å². The largest absolute Gasteiger partial charge is 0.389 e. The maximum absolute atomic E-state index is 14.1. The molecule has 1 fully saturated rings. The van der Waals surface area contributed by atoms with Gasteiger partial charge in [-0.3, -0.25) is 38.7 Å². The lowest BCUT2D eigenvalue weighted by atomic mass is 9.85. The van der Waals surface area contributed by atoms with Crippen molar-refractivity contribution in [2.24, 2.45) is 5.92 Å². The number of pyridine rings is 2. The van der Waals surface area contributed by atoms with Gasteiger partial charge < -0.3 is 51.3 Å². The molecule has 1 aliphatic heterocycles. The normalized spacial score (nSPS) is 14.2. The molecule has 2 aromatic heterocycles. The number of hydrogen-bond acceptors (Lipinski definition) is 12. The van der Waals surface area contributed by atoms with E-state index in [4.69, 9.17) is 0 Å². The fourth-order valence-corrected chi connectivity index (χ4v) is 16.1. The summed E-state index contributed by atoms with van der Waals surface area (Å²) in [6.45, 7) is 21.7. The van der Waals surface area contributed by atoms with Crippen molar-refractivity contribution >= 4 is 51.4 Å². The van der Waals surface area contributed by atoms with E-state index in [1.54, 1.807) is 113 Å². The highest BCUT2D eigenvalue weighted by atomic mass is 79.9. The second-order valence-corrected chi connectivity index (χ2v) is 33.9. The fourth-order valence-electron chi connectivity index (χ4n) is 15.8. The van der Waals surface area contributed by atoms with Crippen LogP contribution in [0.1, 0.15) is 235 Å². The summed E-state index contributed by atoms with van der Waals surface area (Å²) in [4.78, 5) is 94.3. The Labute approximate surface area is 764 Å². The number of piperidine rings is 1. The molecule has 130 heavy (non-hydrogen) atoms. The molecule has 8 atom stereocenters. The Kier molecular flexibility index (Phi) is 39.5. The number of nitrogens with one attached hydrogen (secondary N) is 4. The van der Waals surface area contributed by atoms with Gasteiger partial charge in [-0.1, -0.05) is 71.6 Å². The minimum atomic E-state index is -1.38. The number of rotatable bonds is 36. The van der Waals surface area contributed by atoms with Crippen molar-refractivity contribution < 1.29 is 79.2 Å². The molecule has 27 heteroatoms. The smallest absolute Gasteiger partial charge is 0.253 e. The van der Waals surface area contributed by atoms with Crippen molar-refractivity contribution in [2.45, 2.75) is 188 Å². The first-order chi connectivity index (χ1) is 62.2. The predicted molar refractivity (Wildman–Crippen MR) is 491 cm³/mol. The molecule has 0 radical (unpaired) electrons. The standard InChI is InChI=1S/C37H46F3N3O3.C37H36F3N3O3.C29H32BrF2N3O3/c2*1-4-13-43(14-5-2)37(46)29-16-24(3)15-28(21-29)36(45)42-34(20-27-18-31(39)22-32(40)19-27)35(44)33-12-11-26(23-41-33)10-9-25-7-6-8-30(38)17-25;1-4-8-35(9-5-2)29(38)21-11-18(3)10-20(15-21)28(37)34-26(14-19-12-23(31)16-24(32)13-19)27(36)25-7-6-22(30)17-33-25/h6-8,15-19,21-22,26,33-35,41,44H,4-5,9-14,20,23H2,1-3H3,(H,42,45);6-8,11-12,15-19,21-23,34-35,44H,4-5,13-14,20H2,1-3H3,(H,42,45);6-7,10-13,15-17,26-27,36H,4-5,8-9,14H2,1-3H3,(H,34,37)/t26?,33?,34-,35+;34-,35?;26-,27?/m000/s1. The summed E-state index contributed by atoms with van der Waals surface area (Å²) in [6.07, 6.45) is 6.97. The quantitative estimate of drug-likeness (QED) is 0.0143. The molecule has 0 spiro atoms. The lowest BCUT2D eigenvalue weighted by Gasteiger charge is -2.36. The zero-order valence-corrected chi connectivity index (χ0v) is 76.3. The molecule has 6 amide bonds. The molecular weight excluding hydrogens is 1740 g/mol. The molecule has 4 unspecified atom stereocenters. The van der Waals surface area contributed by atoms with E-state index >= 15 is 0 Å². The number of halogens is 9. The highest BCUT2D eigenvalue weighted by molar-refractivity contribution is 9.10. The van der Waals surface area contributed by atoms with Gasteiger partial charge in [-0.25, -0.2) is 35.1 Å². The highest BCUT2D eigenvalue weighted by Crippen LogP contribution is 2.29. The van der Waals surface area contributed by atoms with Crippen LogP contribution in [0.4, 0.5) is 35.1 Å². The van der Waals surface area contributed by atoms with Crippen molar-refractivity contribution in [3.05, 3.63) is 340 Å². The number of hydrogen-bond donors (Lipinski definition) is 7. The average molecular weight is 1850 g/mol. The zero-order valence-electron chi connectivity index (χ0n) is 74.7. The van der Waals surface area contributed by atoms with E-state index in [2.05, 4.69) is 59.0 Å². The monoisotopic (exact) mass is 1850 g/mol. The Morgan fingerprint density at radius 3 is 1.12 bits per heavy atom. The van der Waals surface area contributed by atoms with Gasteiger partial charge in [-0.05, 0) is 317 Å². The van der Waals surface area contributed by atoms with Crippen molar-refractivity contribution in [1.29, 1.82) is 0 Å². The third-order valence-electron chi connectivity index (χ3n) is 21.9. The minimum Gasteiger partial charge on any atom is -0.389 e. The summed E-state index contributed by atoms with van der Waals surface area (Å²) in [5, 5.41) is 46.0. The summed E-state index contributed by atoms with van der Waals surface area (Å²) in [7, 11) is 0. The van der Waals surface area contributed by atoms with Gasteiger partial charge in [0, 0.05) is 125 Å². The summed E-state index contributed by atoms with van der Waals surface area (Å²) in [5.41, 5.74) is 7.26. The van der Waals surface area contributed by atoms with Gasteiger partial charge in [0.05, 0.1) is 35.6 Å². The Hall–Kier alpha value is -11.8. The average Bonchev–Trinajstić information content (AvgIpc) is 0.820. The number of amides is 6. The van der Waals surface area contributed by atoms with Crippen LogP contribution in [0, 0.1) is 85.1 Å². The number of carbonyl (C=O) groups excluding carboxylic acids is 6. The van der Waals surface area contributed by atoms with Crippen LogP contribution in [0.3, 0.4) is 0 Å². The maximum atomic E-state index is 14.1. The van der Waals surface area contributed by atoms with Gasteiger partial charge in [-0.2, -0.15) is 0 Å². The van der Waals surface area contributed by atoms with Crippen LogP contribution in [-0.4, -0.2) is 152 Å². The molecule has 3 heterocycles. The number of carbonyl (C=O) groups is 6. The lowest BCUT2D eigenvalue weighted by Crippen LogP contribution is -2.56. The minimum absolute atomic E-state index is 0.00114. The van der Waals surface area contributed by atoms with Crippen LogP contribution >= 0.6 is 15.9 Å². The van der Waals surface area contributed by atoms with Crippen LogP contribution in [0.25, 0.3) is 0 Å². The van der Waals surface area contributed by atoms with E-state index in [9.17, 15) is 79.2 Å². The first kappa shape index (κ1) is 102. The van der Waals surface area contributed by atoms with Crippen molar-refractivity contribution in [1.82, 2.24) is 45.9 Å². The zero-order chi connectivity index (χ0) is 94.3. The number of nitrogens with zero attached hydrogens (tertiary/aromatic N) is 5. The van der Waals surface area contributed by atoms with E-state index in [1.807, 2.05) is 54.5 Å². The molecule has 0 bridgehead atoms. The van der Waals surface area contributed by atoms with Gasteiger partial charge in [0.2, 0.25) is 0 Å². The first-order valence-corrected chi connectivity index (χ1v) is 44.9. The topological polar surface area (TPSA) is 247 Å². The third kappa shape index (κ3) is 31.2. The van der Waals surface area contributed by atoms with Gasteiger partial charge in [-0.15, -0.1) is 0 Å². The van der Waals surface area contributed by atoms with E-state index in [0.717, 1.165) is 117 Å². The van der Waals surface area contributed by atoms with Crippen LogP contribution in [0.5, 0.6) is 0 Å². The molecule has 0 saturated carbocycles. The maximum Gasteiger partial charge on any atom is 0.253 e.